The number of carbonyl (C=O) groups is 1. The number of carbonyl (C=O) groups excluding carboxylic acids is 1. The van der Waals surface area contributed by atoms with E-state index in [-0.39, 0.29) is 5.91 Å². The highest BCUT2D eigenvalue weighted by Crippen LogP contribution is 2.21. The molecule has 0 unspecified atom stereocenters. The molecule has 22 heavy (non-hydrogen) atoms. The van der Waals surface area contributed by atoms with Crippen LogP contribution in [0.3, 0.4) is 0 Å². The van der Waals surface area contributed by atoms with Crippen LogP contribution in [0.25, 0.3) is 0 Å². The van der Waals surface area contributed by atoms with Crippen molar-refractivity contribution in [3.05, 3.63) is 24.3 Å². The van der Waals surface area contributed by atoms with Crippen molar-refractivity contribution >= 4 is 17.3 Å². The molecule has 122 valence electrons. The largest absolute Gasteiger partial charge is 0.372 e. The second-order valence-electron chi connectivity index (χ2n) is 6.54. The lowest BCUT2D eigenvalue weighted by atomic mass is 9.93. The van der Waals surface area contributed by atoms with Crippen molar-refractivity contribution in [2.24, 2.45) is 5.92 Å². The van der Waals surface area contributed by atoms with Crippen LogP contribution >= 0.6 is 0 Å². The molecule has 0 radical (unpaired) electrons. The molecule has 1 aromatic rings. The Balaban J connectivity index is 1.84. The van der Waals surface area contributed by atoms with Crippen LogP contribution in [-0.2, 0) is 4.79 Å². The Bertz CT molecular complexity index is 481. The first kappa shape index (κ1) is 16.8. The topological polar surface area (TPSA) is 44.4 Å². The standard InChI is InChI=1S/C18H29N3O/c1-14(2)21(3)17-6-4-5-16(13-17)20-18(22)8-7-15-9-11-19-12-10-15/h4-6,13-15,19H,7-12H2,1-3H3,(H,20,22). The maximum absolute atomic E-state index is 12.1. The number of nitrogens with zero attached hydrogens (tertiary/aromatic N) is 1. The van der Waals surface area contributed by atoms with E-state index in [1.54, 1.807) is 0 Å². The van der Waals surface area contributed by atoms with E-state index in [9.17, 15) is 4.79 Å². The Morgan fingerprint density at radius 1 is 1.36 bits per heavy atom. The van der Waals surface area contributed by atoms with Gasteiger partial charge in [-0.25, -0.2) is 0 Å². The van der Waals surface area contributed by atoms with Gasteiger partial charge in [0.1, 0.15) is 0 Å². The number of nitrogens with one attached hydrogen (secondary N) is 2. The zero-order valence-electron chi connectivity index (χ0n) is 14.1. The fourth-order valence-electron chi connectivity index (χ4n) is 2.83. The van der Waals surface area contributed by atoms with Crippen molar-refractivity contribution in [3.63, 3.8) is 0 Å². The Hall–Kier alpha value is -1.55. The Morgan fingerprint density at radius 3 is 2.77 bits per heavy atom. The molecule has 4 heteroatoms. The van der Waals surface area contributed by atoms with Gasteiger partial charge in [-0.05, 0) is 70.3 Å². The van der Waals surface area contributed by atoms with Gasteiger partial charge in [-0.3, -0.25) is 4.79 Å². The van der Waals surface area contributed by atoms with Gasteiger partial charge in [-0.2, -0.15) is 0 Å². The minimum absolute atomic E-state index is 0.128. The van der Waals surface area contributed by atoms with Crippen molar-refractivity contribution in [3.8, 4) is 0 Å². The molecule has 0 saturated carbocycles. The lowest BCUT2D eigenvalue weighted by Crippen LogP contribution is -2.28. The molecule has 0 spiro atoms. The first-order valence-corrected chi connectivity index (χ1v) is 8.39. The van der Waals surface area contributed by atoms with Crippen LogP contribution in [0.5, 0.6) is 0 Å². The van der Waals surface area contributed by atoms with E-state index in [0.29, 0.717) is 18.4 Å². The molecule has 4 nitrogen and oxygen atoms in total. The normalized spacial score (nSPS) is 15.8. The van der Waals surface area contributed by atoms with Crippen LogP contribution in [0.15, 0.2) is 24.3 Å². The number of piperidine rings is 1. The zero-order valence-corrected chi connectivity index (χ0v) is 14.1. The summed E-state index contributed by atoms with van der Waals surface area (Å²) >= 11 is 0. The van der Waals surface area contributed by atoms with Gasteiger partial charge in [-0.1, -0.05) is 6.07 Å². The predicted molar refractivity (Wildman–Crippen MR) is 93.4 cm³/mol. The van der Waals surface area contributed by atoms with Crippen molar-refractivity contribution in [1.29, 1.82) is 0 Å². The molecule has 1 saturated heterocycles. The number of rotatable bonds is 6. The van der Waals surface area contributed by atoms with Gasteiger partial charge in [0.05, 0.1) is 0 Å². The SMILES string of the molecule is CC(C)N(C)c1cccc(NC(=O)CCC2CCNCC2)c1. The van der Waals surface area contributed by atoms with Gasteiger partial charge in [0.15, 0.2) is 0 Å². The third-order valence-corrected chi connectivity index (χ3v) is 4.55. The number of amides is 1. The van der Waals surface area contributed by atoms with Gasteiger partial charge in [0, 0.05) is 30.9 Å². The van der Waals surface area contributed by atoms with Crippen molar-refractivity contribution in [2.45, 2.75) is 45.6 Å². The van der Waals surface area contributed by atoms with Crippen LogP contribution < -0.4 is 15.5 Å². The molecule has 2 rings (SSSR count). The molecule has 0 atom stereocenters. The van der Waals surface area contributed by atoms with E-state index in [4.69, 9.17) is 0 Å². The molecule has 2 N–H and O–H groups in total. The molecule has 1 fully saturated rings. The van der Waals surface area contributed by atoms with Crippen LogP contribution in [0.1, 0.15) is 39.5 Å². The van der Waals surface area contributed by atoms with Crippen LogP contribution in [0, 0.1) is 5.92 Å². The van der Waals surface area contributed by atoms with Gasteiger partial charge in [-0.15, -0.1) is 0 Å². The lowest BCUT2D eigenvalue weighted by Gasteiger charge is -2.24. The third-order valence-electron chi connectivity index (χ3n) is 4.55. The van der Waals surface area contributed by atoms with Gasteiger partial charge in [0.2, 0.25) is 5.91 Å². The maximum Gasteiger partial charge on any atom is 0.224 e. The number of anilines is 2. The lowest BCUT2D eigenvalue weighted by molar-refractivity contribution is -0.116. The third kappa shape index (κ3) is 5.02. The van der Waals surface area contributed by atoms with E-state index in [1.807, 2.05) is 18.2 Å². The summed E-state index contributed by atoms with van der Waals surface area (Å²) in [6.07, 6.45) is 4.01. The molecular formula is C18H29N3O. The average molecular weight is 303 g/mol. The Morgan fingerprint density at radius 2 is 2.09 bits per heavy atom. The first-order chi connectivity index (χ1) is 10.6. The quantitative estimate of drug-likeness (QED) is 0.848. The van der Waals surface area contributed by atoms with Crippen LogP contribution in [0.2, 0.25) is 0 Å². The number of hydrogen-bond donors (Lipinski definition) is 2. The molecule has 1 aliphatic rings. The van der Waals surface area contributed by atoms with E-state index in [2.05, 4.69) is 42.5 Å². The van der Waals surface area contributed by atoms with Crippen molar-refractivity contribution in [1.82, 2.24) is 5.32 Å². The highest BCUT2D eigenvalue weighted by Gasteiger charge is 2.14. The molecule has 0 aliphatic carbocycles. The zero-order chi connectivity index (χ0) is 15.9. The number of benzene rings is 1. The summed E-state index contributed by atoms with van der Waals surface area (Å²) in [5.41, 5.74) is 2.02. The monoisotopic (exact) mass is 303 g/mol. The highest BCUT2D eigenvalue weighted by molar-refractivity contribution is 5.91. The summed E-state index contributed by atoms with van der Waals surface area (Å²) < 4.78 is 0. The minimum Gasteiger partial charge on any atom is -0.372 e. The first-order valence-electron chi connectivity index (χ1n) is 8.39. The van der Waals surface area contributed by atoms with Gasteiger partial charge < -0.3 is 15.5 Å². The smallest absolute Gasteiger partial charge is 0.224 e. The van der Waals surface area contributed by atoms with E-state index in [0.717, 1.165) is 30.9 Å². The van der Waals surface area contributed by atoms with E-state index < -0.39 is 0 Å². The minimum atomic E-state index is 0.128. The summed E-state index contributed by atoms with van der Waals surface area (Å²) in [5, 5.41) is 6.40. The molecule has 0 aromatic heterocycles. The summed E-state index contributed by atoms with van der Waals surface area (Å²) in [5.74, 6) is 0.827. The summed E-state index contributed by atoms with van der Waals surface area (Å²) in [4.78, 5) is 14.3. The maximum atomic E-state index is 12.1. The molecular weight excluding hydrogens is 274 g/mol. The van der Waals surface area contributed by atoms with Crippen molar-refractivity contribution < 1.29 is 4.79 Å². The molecule has 0 bridgehead atoms. The Labute approximate surface area is 134 Å². The second-order valence-corrected chi connectivity index (χ2v) is 6.54. The van der Waals surface area contributed by atoms with Crippen molar-refractivity contribution in [2.75, 3.05) is 30.4 Å². The second kappa shape index (κ2) is 8.18. The summed E-state index contributed by atoms with van der Waals surface area (Å²) in [6.45, 7) is 6.50. The molecule has 1 heterocycles. The van der Waals surface area contributed by atoms with E-state index >= 15 is 0 Å². The molecule has 1 aliphatic heterocycles. The summed E-state index contributed by atoms with van der Waals surface area (Å²) in [7, 11) is 2.07. The highest BCUT2D eigenvalue weighted by atomic mass is 16.1. The van der Waals surface area contributed by atoms with Gasteiger partial charge >= 0.3 is 0 Å². The average Bonchev–Trinajstić information content (AvgIpc) is 2.53. The van der Waals surface area contributed by atoms with Gasteiger partial charge in [0.25, 0.3) is 0 Å². The van der Waals surface area contributed by atoms with E-state index in [1.165, 1.54) is 12.8 Å². The number of hydrogen-bond acceptors (Lipinski definition) is 3. The Kier molecular flexibility index (Phi) is 6.25. The van der Waals surface area contributed by atoms with Crippen LogP contribution in [-0.4, -0.2) is 32.1 Å². The predicted octanol–water partition coefficient (Wildman–Crippen LogP) is 3.25. The fraction of sp³-hybridized carbons (Fsp3) is 0.611. The van der Waals surface area contributed by atoms with Crippen LogP contribution in [0.4, 0.5) is 11.4 Å². The summed E-state index contributed by atoms with van der Waals surface area (Å²) in [6, 6.07) is 8.51. The fourth-order valence-corrected chi connectivity index (χ4v) is 2.83. The molecule has 1 aromatic carbocycles. The molecule has 1 amide bonds.